The summed E-state index contributed by atoms with van der Waals surface area (Å²) in [7, 11) is 0. The number of hydrogen-bond acceptors (Lipinski definition) is 5. The molecule has 1 atom stereocenters. The first kappa shape index (κ1) is 10.4. The van der Waals surface area contributed by atoms with Crippen LogP contribution in [0.2, 0.25) is 0 Å². The van der Waals surface area contributed by atoms with Crippen LogP contribution in [-0.4, -0.2) is 52.9 Å². The molecular weight excluding hydrogens is 222 g/mol. The average Bonchev–Trinajstić information content (AvgIpc) is 3.01. The summed E-state index contributed by atoms with van der Waals surface area (Å²) < 4.78 is 0. The Hall–Kier alpha value is -0.750. The highest BCUT2D eigenvalue weighted by Crippen LogP contribution is 2.30. The van der Waals surface area contributed by atoms with Gasteiger partial charge in [0.15, 0.2) is 0 Å². The lowest BCUT2D eigenvalue weighted by Gasteiger charge is -2.25. The molecule has 0 amide bonds. The molecule has 1 unspecified atom stereocenters. The zero-order valence-electron chi connectivity index (χ0n) is 9.28. The van der Waals surface area contributed by atoms with Gasteiger partial charge in [0.1, 0.15) is 5.82 Å². The molecule has 16 heavy (non-hydrogen) atoms. The Labute approximate surface area is 99.4 Å². The van der Waals surface area contributed by atoms with Gasteiger partial charge in [0.25, 0.3) is 0 Å². The topological polar surface area (TPSA) is 56.8 Å². The van der Waals surface area contributed by atoms with Gasteiger partial charge in [-0.3, -0.25) is 5.10 Å². The molecule has 0 radical (unpaired) electrons. The van der Waals surface area contributed by atoms with Crippen LogP contribution in [0.3, 0.4) is 0 Å². The summed E-state index contributed by atoms with van der Waals surface area (Å²) in [6.07, 6.45) is 1.24. The number of nitrogens with zero attached hydrogens (tertiary/aromatic N) is 3. The second-order valence-corrected chi connectivity index (χ2v) is 5.47. The SMILES string of the molecule is C1CN(c2n[nH]c(C3CCSC3)n2)CCN1. The lowest BCUT2D eigenvalue weighted by atomic mass is 10.1. The number of rotatable bonds is 2. The normalized spacial score (nSPS) is 26.2. The minimum atomic E-state index is 0.592. The molecule has 6 heteroatoms. The number of H-pyrrole nitrogens is 1. The van der Waals surface area contributed by atoms with Crippen molar-refractivity contribution in [3.05, 3.63) is 5.82 Å². The van der Waals surface area contributed by atoms with Crippen molar-refractivity contribution in [1.82, 2.24) is 20.5 Å². The van der Waals surface area contributed by atoms with Crippen LogP contribution in [0.5, 0.6) is 0 Å². The van der Waals surface area contributed by atoms with Crippen molar-refractivity contribution < 1.29 is 0 Å². The lowest BCUT2D eigenvalue weighted by molar-refractivity contribution is 0.580. The number of piperazine rings is 1. The van der Waals surface area contributed by atoms with Gasteiger partial charge >= 0.3 is 0 Å². The van der Waals surface area contributed by atoms with Crippen LogP contribution in [0.25, 0.3) is 0 Å². The molecule has 0 aromatic carbocycles. The minimum Gasteiger partial charge on any atom is -0.337 e. The molecule has 0 bridgehead atoms. The molecule has 2 N–H and O–H groups in total. The molecule has 88 valence electrons. The third kappa shape index (κ3) is 2.04. The van der Waals surface area contributed by atoms with E-state index in [0.29, 0.717) is 5.92 Å². The van der Waals surface area contributed by atoms with Gasteiger partial charge in [-0.25, -0.2) is 0 Å². The maximum Gasteiger partial charge on any atom is 0.244 e. The highest BCUT2D eigenvalue weighted by atomic mass is 32.2. The van der Waals surface area contributed by atoms with E-state index in [2.05, 4.69) is 25.4 Å². The average molecular weight is 239 g/mol. The summed E-state index contributed by atoms with van der Waals surface area (Å²) in [5.41, 5.74) is 0. The van der Waals surface area contributed by atoms with E-state index in [9.17, 15) is 0 Å². The molecule has 0 saturated carbocycles. The molecule has 1 aromatic heterocycles. The molecule has 1 aromatic rings. The summed E-state index contributed by atoms with van der Waals surface area (Å²) in [6, 6.07) is 0. The Bertz CT molecular complexity index is 341. The van der Waals surface area contributed by atoms with Gasteiger partial charge in [0.05, 0.1) is 0 Å². The van der Waals surface area contributed by atoms with Crippen molar-refractivity contribution in [1.29, 1.82) is 0 Å². The molecule has 3 heterocycles. The summed E-state index contributed by atoms with van der Waals surface area (Å²) in [5.74, 6) is 5.01. The van der Waals surface area contributed by atoms with Crippen LogP contribution in [0, 0.1) is 0 Å². The zero-order chi connectivity index (χ0) is 10.8. The van der Waals surface area contributed by atoms with E-state index in [1.54, 1.807) is 0 Å². The predicted molar refractivity (Wildman–Crippen MR) is 66.1 cm³/mol. The predicted octanol–water partition coefficient (Wildman–Crippen LogP) is 0.435. The van der Waals surface area contributed by atoms with Gasteiger partial charge in [-0.05, 0) is 12.2 Å². The van der Waals surface area contributed by atoms with Gasteiger partial charge in [-0.2, -0.15) is 16.7 Å². The van der Waals surface area contributed by atoms with Crippen molar-refractivity contribution >= 4 is 17.7 Å². The van der Waals surface area contributed by atoms with Crippen LogP contribution in [0.1, 0.15) is 18.2 Å². The fourth-order valence-corrected chi connectivity index (χ4v) is 3.43. The summed E-state index contributed by atoms with van der Waals surface area (Å²) in [6.45, 7) is 4.08. The Morgan fingerprint density at radius 1 is 1.31 bits per heavy atom. The monoisotopic (exact) mass is 239 g/mol. The first-order valence-corrected chi connectivity index (χ1v) is 7.04. The first-order chi connectivity index (χ1) is 7.93. The fraction of sp³-hybridized carbons (Fsp3) is 0.800. The van der Waals surface area contributed by atoms with Gasteiger partial charge in [0.2, 0.25) is 5.95 Å². The van der Waals surface area contributed by atoms with Crippen LogP contribution < -0.4 is 10.2 Å². The Kier molecular flexibility index (Phi) is 3.01. The number of anilines is 1. The van der Waals surface area contributed by atoms with Crippen molar-refractivity contribution in [3.63, 3.8) is 0 Å². The summed E-state index contributed by atoms with van der Waals surface area (Å²) >= 11 is 2.01. The van der Waals surface area contributed by atoms with E-state index >= 15 is 0 Å². The van der Waals surface area contributed by atoms with Gasteiger partial charge in [-0.1, -0.05) is 0 Å². The second kappa shape index (κ2) is 4.63. The van der Waals surface area contributed by atoms with Gasteiger partial charge in [-0.15, -0.1) is 5.10 Å². The largest absolute Gasteiger partial charge is 0.337 e. The van der Waals surface area contributed by atoms with E-state index < -0.39 is 0 Å². The zero-order valence-corrected chi connectivity index (χ0v) is 10.1. The Morgan fingerprint density at radius 2 is 2.19 bits per heavy atom. The van der Waals surface area contributed by atoms with Crippen LogP contribution in [0.15, 0.2) is 0 Å². The van der Waals surface area contributed by atoms with Crippen LogP contribution in [-0.2, 0) is 0 Å². The number of thioether (sulfide) groups is 1. The molecule has 2 fully saturated rings. The van der Waals surface area contributed by atoms with Crippen molar-refractivity contribution in [2.24, 2.45) is 0 Å². The van der Waals surface area contributed by atoms with Crippen molar-refractivity contribution in [2.75, 3.05) is 42.6 Å². The van der Waals surface area contributed by atoms with E-state index in [1.165, 1.54) is 17.9 Å². The minimum absolute atomic E-state index is 0.592. The lowest BCUT2D eigenvalue weighted by Crippen LogP contribution is -2.44. The molecule has 5 nitrogen and oxygen atoms in total. The highest BCUT2D eigenvalue weighted by molar-refractivity contribution is 7.99. The summed E-state index contributed by atoms with van der Waals surface area (Å²) in [5, 5.41) is 10.8. The van der Waals surface area contributed by atoms with Gasteiger partial charge < -0.3 is 10.2 Å². The molecule has 3 rings (SSSR count). The summed E-state index contributed by atoms with van der Waals surface area (Å²) in [4.78, 5) is 6.88. The van der Waals surface area contributed by atoms with Crippen molar-refractivity contribution in [3.8, 4) is 0 Å². The molecular formula is C10H17N5S. The third-order valence-electron chi connectivity index (χ3n) is 3.21. The standard InChI is InChI=1S/C10H17N5S/c1-6-16-7-8(1)9-12-10(14-13-9)15-4-2-11-3-5-15/h8,11H,1-7H2,(H,12,13,14). The maximum absolute atomic E-state index is 4.63. The smallest absolute Gasteiger partial charge is 0.244 e. The fourth-order valence-electron chi connectivity index (χ4n) is 2.20. The molecule has 2 aliphatic rings. The Morgan fingerprint density at radius 3 is 2.94 bits per heavy atom. The number of aromatic nitrogens is 3. The third-order valence-corrected chi connectivity index (χ3v) is 4.37. The van der Waals surface area contributed by atoms with E-state index in [1.807, 2.05) is 11.8 Å². The molecule has 0 spiro atoms. The van der Waals surface area contributed by atoms with Crippen molar-refractivity contribution in [2.45, 2.75) is 12.3 Å². The molecule has 0 aliphatic carbocycles. The maximum atomic E-state index is 4.63. The quantitative estimate of drug-likeness (QED) is 0.784. The number of nitrogens with one attached hydrogen (secondary N) is 2. The van der Waals surface area contributed by atoms with Gasteiger partial charge in [0, 0.05) is 37.8 Å². The number of aromatic amines is 1. The van der Waals surface area contributed by atoms with Crippen LogP contribution in [0.4, 0.5) is 5.95 Å². The first-order valence-electron chi connectivity index (χ1n) is 5.89. The molecule has 2 saturated heterocycles. The Balaban J connectivity index is 1.71. The van der Waals surface area contributed by atoms with E-state index in [0.717, 1.165) is 38.0 Å². The van der Waals surface area contributed by atoms with Crippen LogP contribution >= 0.6 is 11.8 Å². The van der Waals surface area contributed by atoms with E-state index in [-0.39, 0.29) is 0 Å². The van der Waals surface area contributed by atoms with E-state index in [4.69, 9.17) is 0 Å². The molecule has 2 aliphatic heterocycles. The highest BCUT2D eigenvalue weighted by Gasteiger charge is 2.22. The number of hydrogen-bond donors (Lipinski definition) is 2. The second-order valence-electron chi connectivity index (χ2n) is 4.32.